The number of oxime groups is 1. The van der Waals surface area contributed by atoms with E-state index in [0.717, 1.165) is 11.4 Å². The van der Waals surface area contributed by atoms with Gasteiger partial charge in [0.05, 0.1) is 12.2 Å². The molecular formula is C9H14N4O. The third kappa shape index (κ3) is 3.40. The van der Waals surface area contributed by atoms with Crippen LogP contribution in [-0.4, -0.2) is 22.6 Å². The zero-order valence-corrected chi connectivity index (χ0v) is 8.07. The van der Waals surface area contributed by atoms with Gasteiger partial charge in [-0.3, -0.25) is 4.98 Å². The Morgan fingerprint density at radius 1 is 1.64 bits per heavy atom. The molecule has 0 atom stereocenters. The molecule has 76 valence electrons. The Labute approximate surface area is 82.6 Å². The predicted octanol–water partition coefficient (Wildman–Crippen LogP) is 0.226. The normalized spacial score (nSPS) is 11.6. The predicted molar refractivity (Wildman–Crippen MR) is 54.1 cm³/mol. The fourth-order valence-corrected chi connectivity index (χ4v) is 1.05. The molecule has 0 aliphatic rings. The van der Waals surface area contributed by atoms with Crippen molar-refractivity contribution in [1.82, 2.24) is 10.3 Å². The van der Waals surface area contributed by atoms with Gasteiger partial charge in [0.2, 0.25) is 0 Å². The maximum Gasteiger partial charge on any atom is 0.153 e. The molecule has 0 aliphatic heterocycles. The Morgan fingerprint density at radius 2 is 2.43 bits per heavy atom. The van der Waals surface area contributed by atoms with Gasteiger partial charge in [0.15, 0.2) is 5.84 Å². The first-order chi connectivity index (χ1) is 6.72. The number of hydrogen-bond acceptors (Lipinski definition) is 4. The van der Waals surface area contributed by atoms with Crippen LogP contribution in [0.1, 0.15) is 11.4 Å². The van der Waals surface area contributed by atoms with E-state index in [-0.39, 0.29) is 5.84 Å². The molecule has 0 aliphatic carbocycles. The van der Waals surface area contributed by atoms with E-state index < -0.39 is 0 Å². The van der Waals surface area contributed by atoms with Crippen molar-refractivity contribution in [3.63, 3.8) is 0 Å². The van der Waals surface area contributed by atoms with Crippen molar-refractivity contribution in [3.05, 3.63) is 29.6 Å². The van der Waals surface area contributed by atoms with Crippen LogP contribution in [0.15, 0.2) is 23.4 Å². The summed E-state index contributed by atoms with van der Waals surface area (Å²) in [6, 6.07) is 5.81. The quantitative estimate of drug-likeness (QED) is 0.277. The smallest absolute Gasteiger partial charge is 0.153 e. The van der Waals surface area contributed by atoms with Crippen molar-refractivity contribution in [2.45, 2.75) is 13.5 Å². The van der Waals surface area contributed by atoms with E-state index in [1.165, 1.54) is 0 Å². The van der Waals surface area contributed by atoms with Gasteiger partial charge < -0.3 is 16.3 Å². The molecule has 4 N–H and O–H groups in total. The highest BCUT2D eigenvalue weighted by Gasteiger charge is 1.95. The number of pyridine rings is 1. The van der Waals surface area contributed by atoms with Crippen molar-refractivity contribution >= 4 is 5.84 Å². The van der Waals surface area contributed by atoms with Gasteiger partial charge >= 0.3 is 0 Å². The molecule has 1 aromatic heterocycles. The van der Waals surface area contributed by atoms with Crippen molar-refractivity contribution in [2.75, 3.05) is 6.54 Å². The number of hydrogen-bond donors (Lipinski definition) is 3. The minimum absolute atomic E-state index is 0.164. The highest BCUT2D eigenvalue weighted by atomic mass is 16.4. The van der Waals surface area contributed by atoms with E-state index in [2.05, 4.69) is 15.5 Å². The van der Waals surface area contributed by atoms with Gasteiger partial charge in [-0.25, -0.2) is 0 Å². The van der Waals surface area contributed by atoms with E-state index in [9.17, 15) is 0 Å². The molecule has 0 fully saturated rings. The summed E-state index contributed by atoms with van der Waals surface area (Å²) in [4.78, 5) is 4.29. The van der Waals surface area contributed by atoms with Crippen molar-refractivity contribution in [3.8, 4) is 0 Å². The number of nitrogens with two attached hydrogens (primary N) is 1. The molecule has 0 unspecified atom stereocenters. The van der Waals surface area contributed by atoms with Gasteiger partial charge in [-0.15, -0.1) is 0 Å². The molecule has 0 saturated carbocycles. The molecule has 0 radical (unpaired) electrons. The van der Waals surface area contributed by atoms with Gasteiger partial charge in [0.25, 0.3) is 0 Å². The van der Waals surface area contributed by atoms with Crippen molar-refractivity contribution < 1.29 is 5.21 Å². The zero-order chi connectivity index (χ0) is 10.4. The standard InChI is InChI=1S/C9H14N4O/c1-7-3-2-4-8(12-7)5-11-6-9(10)13-14/h2-4,11,14H,5-6H2,1H3,(H2,10,13). The first-order valence-electron chi connectivity index (χ1n) is 4.32. The first kappa shape index (κ1) is 10.5. The molecule has 5 heteroatoms. The summed E-state index contributed by atoms with van der Waals surface area (Å²) in [6.07, 6.45) is 0. The van der Waals surface area contributed by atoms with Crippen LogP contribution in [0.2, 0.25) is 0 Å². The van der Waals surface area contributed by atoms with Crippen LogP contribution in [0.25, 0.3) is 0 Å². The maximum atomic E-state index is 8.28. The molecule has 1 rings (SSSR count). The molecule has 0 bridgehead atoms. The van der Waals surface area contributed by atoms with E-state index >= 15 is 0 Å². The fraction of sp³-hybridized carbons (Fsp3) is 0.333. The van der Waals surface area contributed by atoms with Crippen LogP contribution in [0.4, 0.5) is 0 Å². The second-order valence-corrected chi connectivity index (χ2v) is 2.97. The number of aromatic nitrogens is 1. The Morgan fingerprint density at radius 3 is 3.07 bits per heavy atom. The molecule has 14 heavy (non-hydrogen) atoms. The third-order valence-corrected chi connectivity index (χ3v) is 1.69. The van der Waals surface area contributed by atoms with Crippen molar-refractivity contribution in [2.24, 2.45) is 10.9 Å². The molecule has 5 nitrogen and oxygen atoms in total. The van der Waals surface area contributed by atoms with Crippen molar-refractivity contribution in [1.29, 1.82) is 0 Å². The highest BCUT2D eigenvalue weighted by Crippen LogP contribution is 1.96. The topological polar surface area (TPSA) is 83.5 Å². The Hall–Kier alpha value is -1.62. The molecule has 0 aromatic carbocycles. The van der Waals surface area contributed by atoms with Gasteiger partial charge in [0, 0.05) is 12.2 Å². The number of amidine groups is 1. The molecule has 0 spiro atoms. The van der Waals surface area contributed by atoms with Gasteiger partial charge in [-0.2, -0.15) is 0 Å². The summed E-state index contributed by atoms with van der Waals surface area (Å²) in [5.41, 5.74) is 7.20. The van der Waals surface area contributed by atoms with E-state index in [0.29, 0.717) is 13.1 Å². The van der Waals surface area contributed by atoms with Crippen LogP contribution in [0, 0.1) is 6.92 Å². The molecule has 1 heterocycles. The lowest BCUT2D eigenvalue weighted by Gasteiger charge is -2.03. The highest BCUT2D eigenvalue weighted by molar-refractivity contribution is 5.81. The van der Waals surface area contributed by atoms with Crippen LogP contribution in [0.5, 0.6) is 0 Å². The second kappa shape index (κ2) is 5.18. The minimum atomic E-state index is 0.164. The lowest BCUT2D eigenvalue weighted by Crippen LogP contribution is -2.28. The van der Waals surface area contributed by atoms with Gasteiger partial charge in [-0.1, -0.05) is 11.2 Å². The summed E-state index contributed by atoms with van der Waals surface area (Å²) in [5.74, 6) is 0.164. The number of aryl methyl sites for hydroxylation is 1. The molecule has 0 amide bonds. The number of rotatable bonds is 4. The average Bonchev–Trinajstić information content (AvgIpc) is 2.17. The lowest BCUT2D eigenvalue weighted by atomic mass is 10.3. The SMILES string of the molecule is Cc1cccc(CNCC(N)=NO)n1. The first-order valence-corrected chi connectivity index (χ1v) is 4.32. The number of nitrogens with one attached hydrogen (secondary N) is 1. The van der Waals surface area contributed by atoms with Crippen LogP contribution >= 0.6 is 0 Å². The average molecular weight is 194 g/mol. The van der Waals surface area contributed by atoms with Gasteiger partial charge in [-0.05, 0) is 19.1 Å². The summed E-state index contributed by atoms with van der Waals surface area (Å²) < 4.78 is 0. The largest absolute Gasteiger partial charge is 0.409 e. The van der Waals surface area contributed by atoms with Crippen LogP contribution in [-0.2, 0) is 6.54 Å². The maximum absolute atomic E-state index is 8.28. The lowest BCUT2D eigenvalue weighted by molar-refractivity contribution is 0.317. The zero-order valence-electron chi connectivity index (χ0n) is 8.07. The Bertz CT molecular complexity index is 324. The van der Waals surface area contributed by atoms with Crippen LogP contribution in [0.3, 0.4) is 0 Å². The molecule has 1 aromatic rings. The second-order valence-electron chi connectivity index (χ2n) is 2.97. The van der Waals surface area contributed by atoms with E-state index in [1.807, 2.05) is 25.1 Å². The summed E-state index contributed by atoms with van der Waals surface area (Å²) >= 11 is 0. The number of nitrogens with zero attached hydrogens (tertiary/aromatic N) is 2. The Balaban J connectivity index is 2.39. The summed E-state index contributed by atoms with van der Waals surface area (Å²) in [7, 11) is 0. The van der Waals surface area contributed by atoms with E-state index in [1.54, 1.807) is 0 Å². The fourth-order valence-electron chi connectivity index (χ4n) is 1.05. The van der Waals surface area contributed by atoms with E-state index in [4.69, 9.17) is 10.9 Å². The molecular weight excluding hydrogens is 180 g/mol. The minimum Gasteiger partial charge on any atom is -0.409 e. The van der Waals surface area contributed by atoms with Crippen LogP contribution < -0.4 is 11.1 Å². The third-order valence-electron chi connectivity index (χ3n) is 1.69. The van der Waals surface area contributed by atoms with Gasteiger partial charge in [0.1, 0.15) is 0 Å². The summed E-state index contributed by atoms with van der Waals surface area (Å²) in [6.45, 7) is 2.90. The monoisotopic (exact) mass is 194 g/mol. The Kier molecular flexibility index (Phi) is 3.87. The molecule has 0 saturated heterocycles. The summed E-state index contributed by atoms with van der Waals surface area (Å²) in [5, 5.41) is 14.1.